The smallest absolute Gasteiger partial charge is 0.164 e. The van der Waals surface area contributed by atoms with Crippen molar-refractivity contribution in [1.82, 2.24) is 15.0 Å². The summed E-state index contributed by atoms with van der Waals surface area (Å²) in [6.45, 7) is 0. The molecule has 1 unspecified atom stereocenters. The number of fused-ring (bicyclic) bond motifs is 6. The van der Waals surface area contributed by atoms with Gasteiger partial charge >= 0.3 is 0 Å². The first kappa shape index (κ1) is 27.1. The molecule has 2 aliphatic carbocycles. The van der Waals surface area contributed by atoms with Gasteiger partial charge in [0.1, 0.15) is 28.2 Å². The summed E-state index contributed by atoms with van der Waals surface area (Å²) in [5.41, 5.74) is 10.4. The molecule has 2 aliphatic rings. The molecule has 0 spiro atoms. The molecule has 0 saturated heterocycles. The minimum Gasteiger partial charge on any atom is -0.456 e. The molecule has 228 valence electrons. The Hall–Kier alpha value is -6.07. The summed E-state index contributed by atoms with van der Waals surface area (Å²) in [6, 6.07) is 37.3. The van der Waals surface area contributed by atoms with Crippen LogP contribution in [0.3, 0.4) is 0 Å². The summed E-state index contributed by atoms with van der Waals surface area (Å²) in [5.74, 6) is 2.14. The molecule has 48 heavy (non-hydrogen) atoms. The van der Waals surface area contributed by atoms with Gasteiger partial charge in [-0.25, -0.2) is 15.0 Å². The molecule has 0 saturated carbocycles. The third-order valence-electron chi connectivity index (χ3n) is 9.77. The van der Waals surface area contributed by atoms with Crippen molar-refractivity contribution in [2.45, 2.75) is 25.2 Å². The highest BCUT2D eigenvalue weighted by atomic mass is 16.3. The number of benzene rings is 5. The van der Waals surface area contributed by atoms with E-state index in [-0.39, 0.29) is 5.92 Å². The van der Waals surface area contributed by atoms with E-state index >= 15 is 0 Å². The number of hydrogen-bond donors (Lipinski definition) is 0. The Bertz CT molecular complexity index is 2650. The highest BCUT2D eigenvalue weighted by Crippen LogP contribution is 2.40. The van der Waals surface area contributed by atoms with E-state index in [4.69, 9.17) is 23.8 Å². The number of allylic oxidation sites excluding steroid dienone is 6. The van der Waals surface area contributed by atoms with Gasteiger partial charge in [0.25, 0.3) is 0 Å². The van der Waals surface area contributed by atoms with Crippen LogP contribution >= 0.6 is 0 Å². The molecule has 5 aromatic carbocycles. The molecule has 0 radical (unpaired) electrons. The van der Waals surface area contributed by atoms with Gasteiger partial charge in [-0.05, 0) is 65.8 Å². The maximum atomic E-state index is 6.24. The zero-order valence-electron chi connectivity index (χ0n) is 26.1. The van der Waals surface area contributed by atoms with Crippen molar-refractivity contribution in [2.75, 3.05) is 0 Å². The molecule has 0 bridgehead atoms. The fourth-order valence-corrected chi connectivity index (χ4v) is 7.42. The molecule has 10 rings (SSSR count). The predicted molar refractivity (Wildman–Crippen MR) is 193 cm³/mol. The Labute approximate surface area is 276 Å². The SMILES string of the molecule is C1=CC2=C(C=CC(c3nc(-c4ccc(-c5cccc6oc7ccccc7c56)cc4)nc(-c4cccc5oc6ccccc6c45)n3)C2)CC1. The minimum atomic E-state index is 0.0542. The topological polar surface area (TPSA) is 65.0 Å². The number of furan rings is 2. The van der Waals surface area contributed by atoms with E-state index in [0.717, 1.165) is 91.2 Å². The first-order valence-electron chi connectivity index (χ1n) is 16.5. The van der Waals surface area contributed by atoms with Crippen LogP contribution in [0.2, 0.25) is 0 Å². The Morgan fingerprint density at radius 2 is 1.15 bits per heavy atom. The van der Waals surface area contributed by atoms with Crippen LogP contribution in [0.1, 0.15) is 31.0 Å². The van der Waals surface area contributed by atoms with Crippen molar-refractivity contribution < 1.29 is 8.83 Å². The lowest BCUT2D eigenvalue weighted by Crippen LogP contribution is -2.11. The van der Waals surface area contributed by atoms with E-state index < -0.39 is 0 Å². The van der Waals surface area contributed by atoms with Gasteiger partial charge in [0.2, 0.25) is 0 Å². The first-order valence-corrected chi connectivity index (χ1v) is 16.5. The summed E-state index contributed by atoms with van der Waals surface area (Å²) < 4.78 is 12.4. The van der Waals surface area contributed by atoms with Crippen molar-refractivity contribution in [3.05, 3.63) is 150 Å². The summed E-state index contributed by atoms with van der Waals surface area (Å²) in [4.78, 5) is 15.5. The highest BCUT2D eigenvalue weighted by Gasteiger charge is 2.24. The second kappa shape index (κ2) is 10.7. The van der Waals surface area contributed by atoms with Crippen LogP contribution in [0.15, 0.2) is 153 Å². The molecular weight excluding hydrogens is 590 g/mol. The average molecular weight is 620 g/mol. The van der Waals surface area contributed by atoms with Crippen LogP contribution in [0.5, 0.6) is 0 Å². The van der Waals surface area contributed by atoms with Gasteiger partial charge in [0.15, 0.2) is 11.6 Å². The molecule has 1 atom stereocenters. The van der Waals surface area contributed by atoms with Gasteiger partial charge in [-0.2, -0.15) is 0 Å². The molecule has 5 heteroatoms. The van der Waals surface area contributed by atoms with Crippen LogP contribution in [0.25, 0.3) is 77.8 Å². The van der Waals surface area contributed by atoms with Gasteiger partial charge in [-0.3, -0.25) is 0 Å². The molecule has 8 aromatic rings. The van der Waals surface area contributed by atoms with E-state index in [1.54, 1.807) is 0 Å². The maximum absolute atomic E-state index is 6.24. The number of rotatable bonds is 4. The largest absolute Gasteiger partial charge is 0.456 e. The second-order valence-electron chi connectivity index (χ2n) is 12.6. The third kappa shape index (κ3) is 4.35. The predicted octanol–water partition coefficient (Wildman–Crippen LogP) is 11.4. The van der Waals surface area contributed by atoms with Gasteiger partial charge in [0.05, 0.1) is 0 Å². The zero-order chi connectivity index (χ0) is 31.6. The molecule has 0 aliphatic heterocycles. The molecule has 3 aromatic heterocycles. The molecule has 5 nitrogen and oxygen atoms in total. The standard InChI is InChI=1S/C43H29N3O2/c1-2-10-29-25-30(24-19-26(29)9-1)42-44-41(45-43(46-42)34-14-8-18-38-40(34)33-12-4-6-16-36(33)48-38)28-22-20-27(21-23-28)31-13-7-17-37-39(31)32-11-3-5-15-35(32)47-37/h2-8,10-24,30H,1,9,25H2. The summed E-state index contributed by atoms with van der Waals surface area (Å²) in [7, 11) is 0. The molecule has 0 fully saturated rings. The number of nitrogens with zero attached hydrogens (tertiary/aromatic N) is 3. The van der Waals surface area contributed by atoms with Crippen molar-refractivity contribution in [3.8, 4) is 33.9 Å². The summed E-state index contributed by atoms with van der Waals surface area (Å²) in [5, 5.41) is 4.31. The van der Waals surface area contributed by atoms with Crippen molar-refractivity contribution in [3.63, 3.8) is 0 Å². The van der Waals surface area contributed by atoms with Crippen molar-refractivity contribution in [2.24, 2.45) is 0 Å². The third-order valence-corrected chi connectivity index (χ3v) is 9.77. The lowest BCUT2D eigenvalue weighted by atomic mass is 9.84. The number of aromatic nitrogens is 3. The minimum absolute atomic E-state index is 0.0542. The molecular formula is C43H29N3O2. The lowest BCUT2D eigenvalue weighted by Gasteiger charge is -2.22. The van der Waals surface area contributed by atoms with E-state index in [2.05, 4.69) is 85.0 Å². The lowest BCUT2D eigenvalue weighted by molar-refractivity contribution is 0.668. The second-order valence-corrected chi connectivity index (χ2v) is 12.6. The number of hydrogen-bond acceptors (Lipinski definition) is 5. The van der Waals surface area contributed by atoms with Gasteiger partial charge in [0, 0.05) is 38.6 Å². The fourth-order valence-electron chi connectivity index (χ4n) is 7.42. The summed E-state index contributed by atoms with van der Waals surface area (Å²) >= 11 is 0. The molecule has 3 heterocycles. The molecule has 0 amide bonds. The summed E-state index contributed by atoms with van der Waals surface area (Å²) in [6.07, 6.45) is 12.2. The van der Waals surface area contributed by atoms with Crippen LogP contribution in [0, 0.1) is 0 Å². The van der Waals surface area contributed by atoms with Gasteiger partial charge in [-0.1, -0.05) is 109 Å². The fraction of sp³-hybridized carbons (Fsp3) is 0.0930. The first-order chi connectivity index (χ1) is 23.8. The Morgan fingerprint density at radius 3 is 1.90 bits per heavy atom. The monoisotopic (exact) mass is 619 g/mol. The molecule has 0 N–H and O–H groups in total. The zero-order valence-corrected chi connectivity index (χ0v) is 26.1. The van der Waals surface area contributed by atoms with Crippen molar-refractivity contribution >= 4 is 43.9 Å². The Balaban J connectivity index is 1.12. The normalized spacial score (nSPS) is 16.0. The van der Waals surface area contributed by atoms with E-state index in [1.807, 2.05) is 48.5 Å². The van der Waals surface area contributed by atoms with E-state index in [0.29, 0.717) is 11.6 Å². The van der Waals surface area contributed by atoms with Crippen LogP contribution < -0.4 is 0 Å². The van der Waals surface area contributed by atoms with Gasteiger partial charge < -0.3 is 8.83 Å². The van der Waals surface area contributed by atoms with Crippen LogP contribution in [-0.2, 0) is 0 Å². The Morgan fingerprint density at radius 1 is 0.521 bits per heavy atom. The van der Waals surface area contributed by atoms with Crippen molar-refractivity contribution in [1.29, 1.82) is 0 Å². The maximum Gasteiger partial charge on any atom is 0.164 e. The van der Waals surface area contributed by atoms with Gasteiger partial charge in [-0.15, -0.1) is 0 Å². The Kier molecular flexibility index (Phi) is 6.06. The van der Waals surface area contributed by atoms with Crippen LogP contribution in [0.4, 0.5) is 0 Å². The highest BCUT2D eigenvalue weighted by molar-refractivity contribution is 6.13. The number of para-hydroxylation sites is 2. The average Bonchev–Trinajstić information content (AvgIpc) is 3.73. The van der Waals surface area contributed by atoms with E-state index in [1.165, 1.54) is 11.1 Å². The van der Waals surface area contributed by atoms with E-state index in [9.17, 15) is 0 Å². The quantitative estimate of drug-likeness (QED) is 0.196. The van der Waals surface area contributed by atoms with Crippen LogP contribution in [-0.4, -0.2) is 15.0 Å².